The van der Waals surface area contributed by atoms with Crippen LogP contribution in [-0.4, -0.2) is 9.13 Å². The first-order valence-corrected chi connectivity index (χ1v) is 21.3. The number of nitrogens with zero attached hydrogens (tertiary/aromatic N) is 2. The van der Waals surface area contributed by atoms with Crippen molar-refractivity contribution >= 4 is 54.4 Å². The van der Waals surface area contributed by atoms with E-state index in [1.165, 1.54) is 121 Å². The minimum atomic E-state index is -0.187. The lowest BCUT2D eigenvalue weighted by Crippen LogP contribution is -2.15. The molecule has 9 aromatic carbocycles. The number of benzene rings is 9. The molecule has 0 bridgehead atoms. The summed E-state index contributed by atoms with van der Waals surface area (Å²) in [5.41, 5.74) is 20.4. The first kappa shape index (κ1) is 33.8. The maximum atomic E-state index is 2.57. The number of hydrogen-bond donors (Lipinski definition) is 0. The Labute approximate surface area is 349 Å². The quantitative estimate of drug-likeness (QED) is 0.169. The molecule has 60 heavy (non-hydrogen) atoms. The van der Waals surface area contributed by atoms with Gasteiger partial charge in [-0.2, -0.15) is 0 Å². The topological polar surface area (TPSA) is 9.86 Å². The van der Waals surface area contributed by atoms with E-state index in [-0.39, 0.29) is 10.8 Å². The van der Waals surface area contributed by atoms with Crippen LogP contribution >= 0.6 is 0 Å². The average Bonchev–Trinajstić information content (AvgIpc) is 3.93. The third kappa shape index (κ3) is 4.43. The molecule has 2 aliphatic rings. The Hall–Kier alpha value is -7.16. The fraction of sp³-hybridized carbons (Fsp3) is 0.103. The van der Waals surface area contributed by atoms with Crippen molar-refractivity contribution < 1.29 is 0 Å². The van der Waals surface area contributed by atoms with E-state index in [0.717, 1.165) is 0 Å². The van der Waals surface area contributed by atoms with Crippen LogP contribution in [0.25, 0.3) is 99.1 Å². The Morgan fingerprint density at radius 3 is 1.68 bits per heavy atom. The third-order valence-corrected chi connectivity index (χ3v) is 14.3. The van der Waals surface area contributed by atoms with Gasteiger partial charge >= 0.3 is 0 Å². The number of fused-ring (bicyclic) bond motifs is 13. The summed E-state index contributed by atoms with van der Waals surface area (Å²) < 4.78 is 5.01. The SMILES string of the molecule is CC1(C)c2cc(-c3ccc4ccccc4c3)ccc2-c2ccc(-n3c4cc5c(cc4c4cc6c(cc43)c3ccccc3n6-c3ccccc3)-c3ccccc3C5(C)C)cc21. The van der Waals surface area contributed by atoms with Crippen LogP contribution in [0.2, 0.25) is 0 Å². The Kier molecular flexibility index (Phi) is 6.61. The van der Waals surface area contributed by atoms with E-state index in [4.69, 9.17) is 0 Å². The Bertz CT molecular complexity index is 3650. The van der Waals surface area contributed by atoms with Gasteiger partial charge in [0.2, 0.25) is 0 Å². The molecule has 0 radical (unpaired) electrons. The third-order valence-electron chi connectivity index (χ3n) is 14.3. The molecule has 0 fully saturated rings. The van der Waals surface area contributed by atoms with E-state index >= 15 is 0 Å². The van der Waals surface area contributed by atoms with Crippen LogP contribution in [-0.2, 0) is 10.8 Å². The van der Waals surface area contributed by atoms with Crippen LogP contribution in [0, 0.1) is 0 Å². The molecule has 11 aromatic rings. The van der Waals surface area contributed by atoms with E-state index < -0.39 is 0 Å². The molecule has 0 spiro atoms. The van der Waals surface area contributed by atoms with Crippen molar-refractivity contribution in [3.05, 3.63) is 204 Å². The molecule has 0 atom stereocenters. The molecule has 2 heterocycles. The maximum Gasteiger partial charge on any atom is 0.0548 e. The summed E-state index contributed by atoms with van der Waals surface area (Å²) in [5.74, 6) is 0. The van der Waals surface area contributed by atoms with Gasteiger partial charge < -0.3 is 9.13 Å². The van der Waals surface area contributed by atoms with Crippen molar-refractivity contribution in [3.8, 4) is 44.8 Å². The van der Waals surface area contributed by atoms with Gasteiger partial charge in [0.25, 0.3) is 0 Å². The van der Waals surface area contributed by atoms with Crippen LogP contribution in [0.15, 0.2) is 182 Å². The van der Waals surface area contributed by atoms with Gasteiger partial charge in [-0.25, -0.2) is 0 Å². The van der Waals surface area contributed by atoms with Crippen molar-refractivity contribution in [1.82, 2.24) is 9.13 Å². The minimum Gasteiger partial charge on any atom is -0.309 e. The molecule has 0 saturated heterocycles. The average molecular weight is 767 g/mol. The van der Waals surface area contributed by atoms with Gasteiger partial charge in [-0.15, -0.1) is 0 Å². The van der Waals surface area contributed by atoms with Crippen LogP contribution in [0.1, 0.15) is 49.9 Å². The number of rotatable bonds is 3. The zero-order valence-corrected chi connectivity index (χ0v) is 34.2. The van der Waals surface area contributed by atoms with Gasteiger partial charge in [-0.05, 0) is 133 Å². The molecule has 2 heteroatoms. The zero-order chi connectivity index (χ0) is 40.1. The normalized spacial score (nSPS) is 14.6. The molecular formula is C58H42N2. The summed E-state index contributed by atoms with van der Waals surface area (Å²) in [4.78, 5) is 0. The molecule has 0 N–H and O–H groups in total. The van der Waals surface area contributed by atoms with E-state index in [9.17, 15) is 0 Å². The molecular weight excluding hydrogens is 725 g/mol. The summed E-state index contributed by atoms with van der Waals surface area (Å²) in [7, 11) is 0. The lowest BCUT2D eigenvalue weighted by Gasteiger charge is -2.23. The summed E-state index contributed by atoms with van der Waals surface area (Å²) in [5, 5.41) is 7.62. The highest BCUT2D eigenvalue weighted by molar-refractivity contribution is 6.20. The Morgan fingerprint density at radius 1 is 0.300 bits per heavy atom. The van der Waals surface area contributed by atoms with E-state index in [0.29, 0.717) is 0 Å². The highest BCUT2D eigenvalue weighted by Gasteiger charge is 2.38. The second-order valence-corrected chi connectivity index (χ2v) is 18.2. The fourth-order valence-electron chi connectivity index (χ4n) is 11.2. The van der Waals surface area contributed by atoms with Crippen LogP contribution < -0.4 is 0 Å². The first-order valence-electron chi connectivity index (χ1n) is 21.3. The lowest BCUT2D eigenvalue weighted by atomic mass is 9.81. The van der Waals surface area contributed by atoms with Gasteiger partial charge in [-0.1, -0.05) is 143 Å². The molecule has 2 aromatic heterocycles. The van der Waals surface area contributed by atoms with Crippen molar-refractivity contribution in [2.45, 2.75) is 38.5 Å². The Balaban J connectivity index is 1.06. The monoisotopic (exact) mass is 766 g/mol. The summed E-state index contributed by atoms with van der Waals surface area (Å²) in [6.07, 6.45) is 0. The predicted molar refractivity (Wildman–Crippen MR) is 253 cm³/mol. The van der Waals surface area contributed by atoms with Gasteiger partial charge in [0.05, 0.1) is 22.1 Å². The number of aromatic nitrogens is 2. The molecule has 2 aliphatic carbocycles. The van der Waals surface area contributed by atoms with Gasteiger partial charge in [0.1, 0.15) is 0 Å². The molecule has 13 rings (SSSR count). The van der Waals surface area contributed by atoms with E-state index in [1.807, 2.05) is 0 Å². The smallest absolute Gasteiger partial charge is 0.0548 e. The van der Waals surface area contributed by atoms with Crippen molar-refractivity contribution in [1.29, 1.82) is 0 Å². The number of hydrogen-bond acceptors (Lipinski definition) is 0. The Morgan fingerprint density at radius 2 is 0.850 bits per heavy atom. The minimum absolute atomic E-state index is 0.115. The second-order valence-electron chi connectivity index (χ2n) is 18.2. The predicted octanol–water partition coefficient (Wildman–Crippen LogP) is 15.3. The van der Waals surface area contributed by atoms with Gasteiger partial charge in [0.15, 0.2) is 0 Å². The zero-order valence-electron chi connectivity index (χ0n) is 34.2. The highest BCUT2D eigenvalue weighted by atomic mass is 15.0. The maximum absolute atomic E-state index is 2.57. The fourth-order valence-corrected chi connectivity index (χ4v) is 11.2. The van der Waals surface area contributed by atoms with E-state index in [2.05, 4.69) is 219 Å². The molecule has 0 aliphatic heterocycles. The lowest BCUT2D eigenvalue weighted by molar-refractivity contribution is 0.660. The largest absolute Gasteiger partial charge is 0.309 e. The molecule has 284 valence electrons. The molecule has 2 nitrogen and oxygen atoms in total. The molecule has 0 saturated carbocycles. The van der Waals surface area contributed by atoms with Crippen molar-refractivity contribution in [2.75, 3.05) is 0 Å². The second kappa shape index (κ2) is 11.7. The van der Waals surface area contributed by atoms with Crippen molar-refractivity contribution in [2.24, 2.45) is 0 Å². The van der Waals surface area contributed by atoms with Crippen molar-refractivity contribution in [3.63, 3.8) is 0 Å². The van der Waals surface area contributed by atoms with Crippen LogP contribution in [0.4, 0.5) is 0 Å². The highest BCUT2D eigenvalue weighted by Crippen LogP contribution is 2.53. The summed E-state index contributed by atoms with van der Waals surface area (Å²) >= 11 is 0. The van der Waals surface area contributed by atoms with E-state index in [1.54, 1.807) is 0 Å². The standard InChI is InChI=1S/C58H42N2/c1-57(2)49-20-12-10-18-41(49)45-31-46-48-33-54-47(44-19-11-13-21-53(44)59(54)39-16-6-5-7-17-39)32-55(48)60(56(46)34-52(45)57)40-25-27-43-42-26-24-38(29-50(42)58(3,4)51(43)30-40)37-23-22-35-14-8-9-15-36(35)28-37/h5-34H,1-4H3. The van der Waals surface area contributed by atoms with Gasteiger partial charge in [-0.3, -0.25) is 0 Å². The van der Waals surface area contributed by atoms with Crippen LogP contribution in [0.3, 0.4) is 0 Å². The van der Waals surface area contributed by atoms with Crippen LogP contribution in [0.5, 0.6) is 0 Å². The summed E-state index contributed by atoms with van der Waals surface area (Å²) in [6, 6.07) is 68.5. The number of para-hydroxylation sites is 2. The first-order chi connectivity index (χ1) is 29.3. The molecule has 0 unspecified atom stereocenters. The van der Waals surface area contributed by atoms with Gasteiger partial charge in [0, 0.05) is 43.7 Å². The summed E-state index contributed by atoms with van der Waals surface area (Å²) in [6.45, 7) is 9.60. The molecule has 0 amide bonds.